The topological polar surface area (TPSA) is 7.12 Å². The summed E-state index contributed by atoms with van der Waals surface area (Å²) in [6.45, 7) is 0. The summed E-state index contributed by atoms with van der Waals surface area (Å²) in [5, 5.41) is 3.86. The molecule has 0 aliphatic heterocycles. The molecule has 4 aromatic rings. The summed E-state index contributed by atoms with van der Waals surface area (Å²) in [7, 11) is 6.28. The molecule has 4 heteroatoms. The van der Waals surface area contributed by atoms with Crippen LogP contribution in [0.25, 0.3) is 33.1 Å². The normalized spacial score (nSPS) is 11.2. The van der Waals surface area contributed by atoms with Crippen LogP contribution >= 0.6 is 11.3 Å². The number of nitrogens with zero attached hydrogens (tertiary/aromatic N) is 2. The Morgan fingerprint density at radius 3 is 2.35 bits per heavy atom. The number of hydrogen-bond acceptors (Lipinski definition) is 2. The lowest BCUT2D eigenvalue weighted by molar-refractivity contribution is -0.641. The number of benzene rings is 3. The average molecular weight is 472 g/mol. The number of halogens is 1. The minimum Gasteiger partial charge on any atom is -1.00 e. The molecule has 4 rings (SSSR count). The van der Waals surface area contributed by atoms with Crippen LogP contribution in [0.5, 0.6) is 0 Å². The maximum atomic E-state index is 2.30. The zero-order valence-electron chi connectivity index (χ0n) is 15.1. The monoisotopic (exact) mass is 472 g/mol. The van der Waals surface area contributed by atoms with Crippen LogP contribution in [0.2, 0.25) is 0 Å². The van der Waals surface area contributed by atoms with Crippen molar-refractivity contribution < 1.29 is 28.5 Å². The van der Waals surface area contributed by atoms with Crippen molar-refractivity contribution in [3.8, 4) is 0 Å². The number of aromatic nitrogens is 1. The van der Waals surface area contributed by atoms with Gasteiger partial charge in [0.15, 0.2) is 0 Å². The standard InChI is InChI=1S/C22H21N2S.HI/c1-23(2)18-12-8-16(9-13-18)10-15-21-24(3)22-19-7-5-4-6-17(19)11-14-20(22)25-21;/h4-15H,1-3H3;1H/q+1;/p-1. The Morgan fingerprint density at radius 2 is 1.62 bits per heavy atom. The third-order valence-electron chi connectivity index (χ3n) is 4.57. The van der Waals surface area contributed by atoms with E-state index in [9.17, 15) is 0 Å². The van der Waals surface area contributed by atoms with E-state index < -0.39 is 0 Å². The van der Waals surface area contributed by atoms with Gasteiger partial charge < -0.3 is 28.9 Å². The highest BCUT2D eigenvalue weighted by Gasteiger charge is 2.17. The lowest BCUT2D eigenvalue weighted by Crippen LogP contribution is -3.00. The minimum atomic E-state index is 0. The molecule has 0 radical (unpaired) electrons. The second-order valence-electron chi connectivity index (χ2n) is 6.45. The van der Waals surface area contributed by atoms with Gasteiger partial charge in [-0.25, -0.2) is 0 Å². The molecule has 0 saturated heterocycles. The molecule has 0 unspecified atom stereocenters. The molecule has 0 aliphatic carbocycles. The Kier molecular flexibility index (Phi) is 5.63. The highest BCUT2D eigenvalue weighted by atomic mass is 127. The average Bonchev–Trinajstić information content (AvgIpc) is 2.96. The van der Waals surface area contributed by atoms with E-state index in [0.717, 1.165) is 0 Å². The number of aryl methyl sites for hydroxylation is 1. The SMILES string of the molecule is CN(C)c1ccc(C=Cc2sc3ccc4ccccc4c3[n+]2C)cc1.[I-]. The molecule has 132 valence electrons. The van der Waals surface area contributed by atoms with Crippen molar-refractivity contribution in [2.45, 2.75) is 0 Å². The molecule has 0 spiro atoms. The fraction of sp³-hybridized carbons (Fsp3) is 0.136. The summed E-state index contributed by atoms with van der Waals surface area (Å²) in [6.07, 6.45) is 4.40. The van der Waals surface area contributed by atoms with Gasteiger partial charge in [-0.2, -0.15) is 4.57 Å². The van der Waals surface area contributed by atoms with Gasteiger partial charge in [0.05, 0.1) is 5.39 Å². The van der Waals surface area contributed by atoms with E-state index in [1.54, 1.807) is 0 Å². The lowest BCUT2D eigenvalue weighted by atomic mass is 10.1. The Morgan fingerprint density at radius 1 is 0.885 bits per heavy atom. The minimum absolute atomic E-state index is 0. The van der Waals surface area contributed by atoms with E-state index >= 15 is 0 Å². The number of fused-ring (bicyclic) bond motifs is 3. The molecule has 0 fully saturated rings. The zero-order valence-corrected chi connectivity index (χ0v) is 18.1. The zero-order chi connectivity index (χ0) is 17.4. The first kappa shape index (κ1) is 18.9. The predicted molar refractivity (Wildman–Crippen MR) is 110 cm³/mol. The van der Waals surface area contributed by atoms with Crippen molar-refractivity contribution in [1.82, 2.24) is 0 Å². The van der Waals surface area contributed by atoms with Crippen LogP contribution in [-0.4, -0.2) is 14.1 Å². The number of rotatable bonds is 3. The number of thiazole rings is 1. The molecule has 0 atom stereocenters. The molecule has 26 heavy (non-hydrogen) atoms. The first-order valence-corrected chi connectivity index (χ1v) is 9.21. The fourth-order valence-electron chi connectivity index (χ4n) is 3.15. The van der Waals surface area contributed by atoms with Gasteiger partial charge >= 0.3 is 0 Å². The summed E-state index contributed by atoms with van der Waals surface area (Å²) >= 11 is 1.83. The Balaban J connectivity index is 0.00000196. The van der Waals surface area contributed by atoms with Crippen molar-refractivity contribution in [2.75, 3.05) is 19.0 Å². The van der Waals surface area contributed by atoms with Gasteiger partial charge in [-0.1, -0.05) is 47.7 Å². The summed E-state index contributed by atoms with van der Waals surface area (Å²) in [5.74, 6) is 0. The van der Waals surface area contributed by atoms with Crippen molar-refractivity contribution in [1.29, 1.82) is 0 Å². The quantitative estimate of drug-likeness (QED) is 0.328. The smallest absolute Gasteiger partial charge is 0.262 e. The van der Waals surface area contributed by atoms with E-state index in [1.165, 1.54) is 37.2 Å². The first-order chi connectivity index (χ1) is 12.1. The third-order valence-corrected chi connectivity index (χ3v) is 5.74. The van der Waals surface area contributed by atoms with Gasteiger partial charge in [-0.05, 0) is 41.3 Å². The lowest BCUT2D eigenvalue weighted by Gasteiger charge is -2.11. The largest absolute Gasteiger partial charge is 1.00 e. The van der Waals surface area contributed by atoms with Gasteiger partial charge in [0.2, 0.25) is 5.52 Å². The molecule has 0 amide bonds. The summed E-state index contributed by atoms with van der Waals surface area (Å²) < 4.78 is 3.62. The van der Waals surface area contributed by atoms with Gasteiger partial charge in [-0.3, -0.25) is 0 Å². The molecule has 0 N–H and O–H groups in total. The third kappa shape index (κ3) is 3.48. The molecule has 0 saturated carbocycles. The van der Waals surface area contributed by atoms with Gasteiger partial charge in [0.25, 0.3) is 5.01 Å². The van der Waals surface area contributed by atoms with Gasteiger partial charge in [0.1, 0.15) is 11.7 Å². The fourth-order valence-corrected chi connectivity index (χ4v) is 4.22. The van der Waals surface area contributed by atoms with E-state index in [-0.39, 0.29) is 24.0 Å². The second-order valence-corrected chi connectivity index (χ2v) is 7.51. The molecule has 3 aromatic carbocycles. The summed E-state index contributed by atoms with van der Waals surface area (Å²) in [5.41, 5.74) is 3.75. The molecule has 1 aromatic heterocycles. The van der Waals surface area contributed by atoms with Crippen LogP contribution in [0.15, 0.2) is 60.7 Å². The van der Waals surface area contributed by atoms with Crippen molar-refractivity contribution in [2.24, 2.45) is 7.05 Å². The molecule has 0 bridgehead atoms. The maximum absolute atomic E-state index is 2.30. The Bertz CT molecular complexity index is 1080. The maximum Gasteiger partial charge on any atom is 0.262 e. The highest BCUT2D eigenvalue weighted by molar-refractivity contribution is 7.19. The predicted octanol–water partition coefficient (Wildman–Crippen LogP) is 2.12. The second kappa shape index (κ2) is 7.76. The Labute approximate surface area is 175 Å². The first-order valence-electron chi connectivity index (χ1n) is 8.39. The molecular formula is C22H21IN2S. The molecule has 2 nitrogen and oxygen atoms in total. The van der Waals surface area contributed by atoms with Crippen LogP contribution in [0, 0.1) is 0 Å². The number of hydrogen-bond donors (Lipinski definition) is 0. The number of anilines is 1. The van der Waals surface area contributed by atoms with Crippen molar-refractivity contribution in [3.63, 3.8) is 0 Å². The van der Waals surface area contributed by atoms with E-state index in [2.05, 4.69) is 103 Å². The van der Waals surface area contributed by atoms with E-state index in [1.807, 2.05) is 11.3 Å². The summed E-state index contributed by atoms with van der Waals surface area (Å²) in [4.78, 5) is 2.12. The van der Waals surface area contributed by atoms with Crippen LogP contribution in [0.4, 0.5) is 5.69 Å². The highest BCUT2D eigenvalue weighted by Crippen LogP contribution is 2.28. The van der Waals surface area contributed by atoms with Gasteiger partial charge in [-0.15, -0.1) is 0 Å². The van der Waals surface area contributed by atoms with Crippen molar-refractivity contribution >= 4 is 50.2 Å². The van der Waals surface area contributed by atoms with Crippen molar-refractivity contribution in [3.05, 3.63) is 71.2 Å². The molecular weight excluding hydrogens is 451 g/mol. The molecule has 0 aliphatic rings. The van der Waals surface area contributed by atoms with E-state index in [4.69, 9.17) is 0 Å². The van der Waals surface area contributed by atoms with E-state index in [0.29, 0.717) is 0 Å². The van der Waals surface area contributed by atoms with Crippen LogP contribution < -0.4 is 33.4 Å². The Hall–Kier alpha value is -1.92. The van der Waals surface area contributed by atoms with Crippen LogP contribution in [0.1, 0.15) is 10.6 Å². The summed E-state index contributed by atoms with van der Waals surface area (Å²) in [6, 6.07) is 21.7. The van der Waals surface area contributed by atoms with Crippen LogP contribution in [-0.2, 0) is 7.05 Å². The van der Waals surface area contributed by atoms with Gasteiger partial charge in [0, 0.05) is 25.9 Å². The molecule has 1 heterocycles. The van der Waals surface area contributed by atoms with Crippen LogP contribution in [0.3, 0.4) is 0 Å².